The number of aryl methyl sites for hydroxylation is 1. The first-order valence-corrected chi connectivity index (χ1v) is 11.9. The Morgan fingerprint density at radius 2 is 1.37 bits per heavy atom. The molecule has 0 aliphatic heterocycles. The summed E-state index contributed by atoms with van der Waals surface area (Å²) >= 11 is 0. The van der Waals surface area contributed by atoms with E-state index in [0.29, 0.717) is 18.4 Å². The minimum absolute atomic E-state index is 0.113. The van der Waals surface area contributed by atoms with Crippen LogP contribution in [-0.4, -0.2) is 35.7 Å². The van der Waals surface area contributed by atoms with Crippen LogP contribution in [0.1, 0.15) is 69.8 Å². The summed E-state index contributed by atoms with van der Waals surface area (Å²) in [5, 5.41) is 0. The number of hydrogen-bond donors (Lipinski definition) is 0. The average molecular weight is 442 g/mol. The first kappa shape index (κ1) is 26.4. The molecule has 0 atom stereocenters. The zero-order chi connectivity index (χ0) is 22.3. The number of sulfonamides is 1. The minimum Gasteiger partial charge on any atom is -0.331 e. The lowest BCUT2D eigenvalue weighted by Gasteiger charge is -2.28. The van der Waals surface area contributed by atoms with Crippen molar-refractivity contribution in [1.29, 1.82) is 0 Å². The monoisotopic (exact) mass is 441 g/mol. The maximum atomic E-state index is 12.0. The molecule has 0 fully saturated rings. The van der Waals surface area contributed by atoms with Gasteiger partial charge in [0.05, 0.1) is 4.90 Å². The Balaban J connectivity index is 2.17. The standard InChI is InChI=1S/C21H35N3O5S/c1-27-21(28-2,29-3)18-14-10-8-6-4-5-7-9-11-15-19-16-12-13-17-20(19)30(25,26)24-23-22/h12-13,16-17H,4-11,14-15,18H2,1-3H3. The van der Waals surface area contributed by atoms with Crippen molar-refractivity contribution in [3.05, 3.63) is 40.3 Å². The SMILES string of the molecule is COC(CCCCCCCCCCCc1ccccc1S(=O)(=O)N=[N+]=[N-])(OC)OC. The number of rotatable bonds is 17. The van der Waals surface area contributed by atoms with E-state index >= 15 is 0 Å². The topological polar surface area (TPSA) is 111 Å². The van der Waals surface area contributed by atoms with Gasteiger partial charge in [-0.25, -0.2) is 8.42 Å². The number of methoxy groups -OCH3 is 3. The second-order valence-corrected chi connectivity index (χ2v) is 8.78. The molecule has 0 N–H and O–H groups in total. The minimum atomic E-state index is -3.93. The molecule has 0 bridgehead atoms. The van der Waals surface area contributed by atoms with Crippen LogP contribution in [0.2, 0.25) is 0 Å². The summed E-state index contributed by atoms with van der Waals surface area (Å²) in [5.41, 5.74) is 9.16. The van der Waals surface area contributed by atoms with Crippen molar-refractivity contribution >= 4 is 10.0 Å². The quantitative estimate of drug-likeness (QED) is 0.101. The van der Waals surface area contributed by atoms with Crippen molar-refractivity contribution in [3.63, 3.8) is 0 Å². The highest BCUT2D eigenvalue weighted by Gasteiger charge is 2.28. The number of ether oxygens (including phenoxy) is 3. The van der Waals surface area contributed by atoms with Crippen LogP contribution >= 0.6 is 0 Å². The van der Waals surface area contributed by atoms with Crippen molar-refractivity contribution in [2.24, 2.45) is 4.52 Å². The molecule has 1 rings (SSSR count). The van der Waals surface area contributed by atoms with Gasteiger partial charge in [0.25, 0.3) is 16.0 Å². The van der Waals surface area contributed by atoms with E-state index < -0.39 is 16.0 Å². The smallest absolute Gasteiger partial charge is 0.282 e. The second kappa shape index (κ2) is 14.4. The molecular weight excluding hydrogens is 406 g/mol. The predicted octanol–water partition coefficient (Wildman–Crippen LogP) is 5.72. The zero-order valence-electron chi connectivity index (χ0n) is 18.4. The molecule has 9 heteroatoms. The molecule has 8 nitrogen and oxygen atoms in total. The van der Waals surface area contributed by atoms with Gasteiger partial charge in [0.15, 0.2) is 0 Å². The van der Waals surface area contributed by atoms with Crippen LogP contribution in [0.3, 0.4) is 0 Å². The zero-order valence-corrected chi connectivity index (χ0v) is 19.2. The van der Waals surface area contributed by atoms with E-state index in [4.69, 9.17) is 19.7 Å². The molecule has 0 spiro atoms. The molecule has 0 aliphatic rings. The van der Waals surface area contributed by atoms with Crippen molar-refractivity contribution in [2.45, 2.75) is 81.5 Å². The fourth-order valence-corrected chi connectivity index (χ4v) is 4.44. The van der Waals surface area contributed by atoms with Crippen LogP contribution in [0.15, 0.2) is 33.7 Å². The number of hydrogen-bond acceptors (Lipinski definition) is 5. The maximum Gasteiger partial charge on any atom is 0.282 e. The molecule has 170 valence electrons. The Hall–Kier alpha value is -1.64. The Morgan fingerprint density at radius 1 is 0.867 bits per heavy atom. The molecule has 1 aromatic rings. The lowest BCUT2D eigenvalue weighted by atomic mass is 10.0. The van der Waals surface area contributed by atoms with E-state index in [-0.39, 0.29) is 4.90 Å². The molecule has 0 aliphatic carbocycles. The summed E-state index contributed by atoms with van der Waals surface area (Å²) in [6.07, 6.45) is 11.3. The highest BCUT2D eigenvalue weighted by Crippen LogP contribution is 2.22. The molecule has 0 aromatic heterocycles. The first-order chi connectivity index (χ1) is 14.4. The van der Waals surface area contributed by atoms with Crippen LogP contribution in [0, 0.1) is 0 Å². The van der Waals surface area contributed by atoms with E-state index in [1.54, 1.807) is 39.5 Å². The lowest BCUT2D eigenvalue weighted by molar-refractivity contribution is -0.355. The van der Waals surface area contributed by atoms with Crippen LogP contribution in [-0.2, 0) is 30.7 Å². The van der Waals surface area contributed by atoms with Gasteiger partial charge in [0.2, 0.25) is 0 Å². The van der Waals surface area contributed by atoms with Gasteiger partial charge in [-0.15, -0.1) is 0 Å². The van der Waals surface area contributed by atoms with Crippen LogP contribution in [0.4, 0.5) is 0 Å². The van der Waals surface area contributed by atoms with Gasteiger partial charge in [-0.3, -0.25) is 0 Å². The fourth-order valence-electron chi connectivity index (χ4n) is 3.50. The van der Waals surface area contributed by atoms with Crippen molar-refractivity contribution in [2.75, 3.05) is 21.3 Å². The molecule has 0 amide bonds. The third kappa shape index (κ3) is 9.02. The van der Waals surface area contributed by atoms with E-state index in [0.717, 1.165) is 32.1 Å². The third-order valence-corrected chi connectivity index (χ3v) is 6.50. The number of azide groups is 1. The number of benzene rings is 1. The summed E-state index contributed by atoms with van der Waals surface area (Å²) in [4.78, 5) is 2.54. The van der Waals surface area contributed by atoms with Crippen LogP contribution in [0.5, 0.6) is 0 Å². The van der Waals surface area contributed by atoms with E-state index in [1.165, 1.54) is 31.7 Å². The molecule has 0 heterocycles. The highest BCUT2D eigenvalue weighted by atomic mass is 32.2. The summed E-state index contributed by atoms with van der Waals surface area (Å²) in [6, 6.07) is 6.73. The number of nitrogens with zero attached hydrogens (tertiary/aromatic N) is 3. The lowest BCUT2D eigenvalue weighted by Crippen LogP contribution is -2.35. The molecule has 0 unspecified atom stereocenters. The van der Waals surface area contributed by atoms with Gasteiger partial charge in [-0.1, -0.05) is 63.1 Å². The average Bonchev–Trinajstić information content (AvgIpc) is 2.75. The third-order valence-electron chi connectivity index (χ3n) is 5.26. The molecule has 30 heavy (non-hydrogen) atoms. The van der Waals surface area contributed by atoms with Crippen molar-refractivity contribution in [3.8, 4) is 0 Å². The Bertz CT molecular complexity index is 751. The summed E-state index contributed by atoms with van der Waals surface area (Å²) in [5.74, 6) is -0.918. The summed E-state index contributed by atoms with van der Waals surface area (Å²) in [6.45, 7) is 0. The normalized spacial score (nSPS) is 12.0. The van der Waals surface area contributed by atoms with E-state index in [2.05, 4.69) is 9.43 Å². The van der Waals surface area contributed by atoms with Crippen molar-refractivity contribution in [1.82, 2.24) is 0 Å². The number of unbranched alkanes of at least 4 members (excludes halogenated alkanes) is 8. The van der Waals surface area contributed by atoms with Crippen molar-refractivity contribution < 1.29 is 22.6 Å². The largest absolute Gasteiger partial charge is 0.331 e. The fraction of sp³-hybridized carbons (Fsp3) is 0.714. The Morgan fingerprint density at radius 3 is 1.90 bits per heavy atom. The predicted molar refractivity (Wildman–Crippen MR) is 116 cm³/mol. The Kier molecular flexibility index (Phi) is 12.7. The van der Waals surface area contributed by atoms with Gasteiger partial charge in [-0.05, 0) is 36.4 Å². The van der Waals surface area contributed by atoms with Gasteiger partial charge in [0.1, 0.15) is 0 Å². The highest BCUT2D eigenvalue weighted by molar-refractivity contribution is 7.90. The molecule has 0 saturated heterocycles. The van der Waals surface area contributed by atoms with Gasteiger partial charge >= 0.3 is 0 Å². The maximum absolute atomic E-state index is 12.0. The van der Waals surface area contributed by atoms with Crippen LogP contribution in [0.25, 0.3) is 10.4 Å². The molecular formula is C21H35N3O5S. The molecule has 1 aromatic carbocycles. The summed E-state index contributed by atoms with van der Waals surface area (Å²) in [7, 11) is 0.831. The van der Waals surface area contributed by atoms with Crippen LogP contribution < -0.4 is 0 Å². The van der Waals surface area contributed by atoms with Gasteiger partial charge < -0.3 is 14.2 Å². The van der Waals surface area contributed by atoms with Gasteiger partial charge in [0, 0.05) is 37.2 Å². The Labute approximate surface area is 180 Å². The van der Waals surface area contributed by atoms with E-state index in [9.17, 15) is 8.42 Å². The van der Waals surface area contributed by atoms with E-state index in [1.807, 2.05) is 0 Å². The summed E-state index contributed by atoms with van der Waals surface area (Å²) < 4.78 is 42.8. The molecule has 0 radical (unpaired) electrons. The molecule has 0 saturated carbocycles. The van der Waals surface area contributed by atoms with Gasteiger partial charge in [-0.2, -0.15) is 0 Å². The first-order valence-electron chi connectivity index (χ1n) is 10.5. The second-order valence-electron chi connectivity index (χ2n) is 7.23.